The predicted octanol–water partition coefficient (Wildman–Crippen LogP) is 4.28. The van der Waals surface area contributed by atoms with Crippen molar-refractivity contribution < 1.29 is 0 Å². The highest BCUT2D eigenvalue weighted by Crippen LogP contribution is 2.20. The van der Waals surface area contributed by atoms with Crippen molar-refractivity contribution in [1.29, 1.82) is 0 Å². The average Bonchev–Trinajstić information content (AvgIpc) is 2.93. The summed E-state index contributed by atoms with van der Waals surface area (Å²) in [6, 6.07) is 9.13. The molecular formula is C15H20N2S2. The summed E-state index contributed by atoms with van der Waals surface area (Å²) in [6.45, 7) is 5.24. The van der Waals surface area contributed by atoms with Crippen molar-refractivity contribution in [2.75, 3.05) is 6.26 Å². The van der Waals surface area contributed by atoms with Crippen LogP contribution in [0.1, 0.15) is 35.3 Å². The van der Waals surface area contributed by atoms with Gasteiger partial charge in [0.15, 0.2) is 0 Å². The maximum absolute atomic E-state index is 4.38. The number of hydrogen-bond acceptors (Lipinski definition) is 4. The lowest BCUT2D eigenvalue weighted by Crippen LogP contribution is -2.17. The number of nitrogens with one attached hydrogen (secondary N) is 1. The smallest absolute Gasteiger partial charge is 0.0925 e. The van der Waals surface area contributed by atoms with Crippen molar-refractivity contribution in [2.24, 2.45) is 0 Å². The first kappa shape index (κ1) is 14.6. The van der Waals surface area contributed by atoms with Crippen LogP contribution in [0.2, 0.25) is 0 Å². The van der Waals surface area contributed by atoms with Crippen molar-refractivity contribution in [3.8, 4) is 0 Å². The van der Waals surface area contributed by atoms with Crippen LogP contribution in [0.3, 0.4) is 0 Å². The standard InChI is InChI=1S/C15H20N2S2/c1-4-15-17-10-14(19-15)9-16-11(2)12-5-7-13(18-3)8-6-12/h5-8,10-11,16H,4,9H2,1-3H3. The van der Waals surface area contributed by atoms with Gasteiger partial charge in [0.1, 0.15) is 0 Å². The molecular weight excluding hydrogens is 272 g/mol. The van der Waals surface area contributed by atoms with E-state index in [0.717, 1.165) is 13.0 Å². The van der Waals surface area contributed by atoms with E-state index in [9.17, 15) is 0 Å². The lowest BCUT2D eigenvalue weighted by molar-refractivity contribution is 0.578. The number of benzene rings is 1. The van der Waals surface area contributed by atoms with Crippen molar-refractivity contribution >= 4 is 23.1 Å². The molecule has 102 valence electrons. The molecule has 1 aromatic heterocycles. The van der Waals surface area contributed by atoms with Gasteiger partial charge in [0.05, 0.1) is 5.01 Å². The summed E-state index contributed by atoms with van der Waals surface area (Å²) in [6.07, 6.45) is 5.11. The lowest BCUT2D eigenvalue weighted by atomic mass is 10.1. The summed E-state index contributed by atoms with van der Waals surface area (Å²) >= 11 is 3.58. The van der Waals surface area contributed by atoms with Gasteiger partial charge in [-0.3, -0.25) is 0 Å². The van der Waals surface area contributed by atoms with Crippen molar-refractivity contribution in [3.63, 3.8) is 0 Å². The second-order valence-corrected chi connectivity index (χ2v) is 6.53. The Morgan fingerprint density at radius 3 is 2.63 bits per heavy atom. The van der Waals surface area contributed by atoms with E-state index in [1.807, 2.05) is 6.20 Å². The molecule has 0 fully saturated rings. The van der Waals surface area contributed by atoms with Gasteiger partial charge in [0.2, 0.25) is 0 Å². The molecule has 2 rings (SSSR count). The molecule has 19 heavy (non-hydrogen) atoms. The summed E-state index contributed by atoms with van der Waals surface area (Å²) < 4.78 is 0. The summed E-state index contributed by atoms with van der Waals surface area (Å²) in [5, 5.41) is 4.77. The number of thioether (sulfide) groups is 1. The maximum atomic E-state index is 4.38. The minimum Gasteiger partial charge on any atom is -0.305 e. The molecule has 0 radical (unpaired) electrons. The Balaban J connectivity index is 1.90. The minimum atomic E-state index is 0.364. The zero-order chi connectivity index (χ0) is 13.7. The van der Waals surface area contributed by atoms with E-state index in [0.29, 0.717) is 6.04 Å². The van der Waals surface area contributed by atoms with Gasteiger partial charge in [-0.2, -0.15) is 0 Å². The molecule has 0 bridgehead atoms. The fraction of sp³-hybridized carbons (Fsp3) is 0.400. The van der Waals surface area contributed by atoms with E-state index in [2.05, 4.69) is 54.7 Å². The van der Waals surface area contributed by atoms with E-state index in [1.165, 1.54) is 20.3 Å². The summed E-state index contributed by atoms with van der Waals surface area (Å²) in [5.74, 6) is 0. The topological polar surface area (TPSA) is 24.9 Å². The molecule has 4 heteroatoms. The van der Waals surface area contributed by atoms with Crippen LogP contribution in [-0.4, -0.2) is 11.2 Å². The molecule has 0 aliphatic rings. The molecule has 2 aromatic rings. The van der Waals surface area contributed by atoms with Gasteiger partial charge in [0, 0.05) is 28.6 Å². The Hall–Kier alpha value is -0.840. The Labute approximate surface area is 123 Å². The van der Waals surface area contributed by atoms with Crippen LogP contribution < -0.4 is 5.32 Å². The number of hydrogen-bond donors (Lipinski definition) is 1. The first-order valence-electron chi connectivity index (χ1n) is 6.53. The van der Waals surface area contributed by atoms with Gasteiger partial charge in [-0.15, -0.1) is 23.1 Å². The van der Waals surface area contributed by atoms with Crippen LogP contribution in [-0.2, 0) is 13.0 Å². The number of rotatable bonds is 6. The quantitative estimate of drug-likeness (QED) is 0.804. The molecule has 1 N–H and O–H groups in total. The van der Waals surface area contributed by atoms with Crippen LogP contribution in [0.4, 0.5) is 0 Å². The lowest BCUT2D eigenvalue weighted by Gasteiger charge is -2.13. The second-order valence-electron chi connectivity index (χ2n) is 4.45. The number of aromatic nitrogens is 1. The summed E-state index contributed by atoms with van der Waals surface area (Å²) in [7, 11) is 0. The molecule has 0 amide bonds. The van der Waals surface area contributed by atoms with Gasteiger partial charge in [0.25, 0.3) is 0 Å². The van der Waals surface area contributed by atoms with E-state index < -0.39 is 0 Å². The zero-order valence-corrected chi connectivity index (χ0v) is 13.3. The van der Waals surface area contributed by atoms with Crippen LogP contribution in [0.25, 0.3) is 0 Å². The largest absolute Gasteiger partial charge is 0.305 e. The predicted molar refractivity (Wildman–Crippen MR) is 85.0 cm³/mol. The highest BCUT2D eigenvalue weighted by atomic mass is 32.2. The zero-order valence-electron chi connectivity index (χ0n) is 11.6. The Bertz CT molecular complexity index is 505. The van der Waals surface area contributed by atoms with Crippen molar-refractivity contribution in [2.45, 2.75) is 37.8 Å². The number of aryl methyl sites for hydroxylation is 1. The first-order valence-corrected chi connectivity index (χ1v) is 8.58. The third-order valence-electron chi connectivity index (χ3n) is 3.10. The average molecular weight is 292 g/mol. The van der Waals surface area contributed by atoms with Crippen LogP contribution in [0.15, 0.2) is 35.4 Å². The van der Waals surface area contributed by atoms with E-state index >= 15 is 0 Å². The maximum Gasteiger partial charge on any atom is 0.0925 e. The monoisotopic (exact) mass is 292 g/mol. The first-order chi connectivity index (χ1) is 9.22. The minimum absolute atomic E-state index is 0.364. The van der Waals surface area contributed by atoms with Crippen LogP contribution in [0, 0.1) is 0 Å². The molecule has 0 saturated heterocycles. The van der Waals surface area contributed by atoms with E-state index in [4.69, 9.17) is 0 Å². The molecule has 2 nitrogen and oxygen atoms in total. The van der Waals surface area contributed by atoms with Gasteiger partial charge >= 0.3 is 0 Å². The Morgan fingerprint density at radius 1 is 1.32 bits per heavy atom. The van der Waals surface area contributed by atoms with Crippen molar-refractivity contribution in [1.82, 2.24) is 10.3 Å². The fourth-order valence-corrected chi connectivity index (χ4v) is 3.08. The molecule has 0 aliphatic carbocycles. The molecule has 0 spiro atoms. The molecule has 1 aromatic carbocycles. The molecule has 0 aliphatic heterocycles. The summed E-state index contributed by atoms with van der Waals surface area (Å²) in [5.41, 5.74) is 1.33. The third-order valence-corrected chi connectivity index (χ3v) is 4.99. The third kappa shape index (κ3) is 4.06. The van der Waals surface area contributed by atoms with Crippen molar-refractivity contribution in [3.05, 3.63) is 45.9 Å². The van der Waals surface area contributed by atoms with Crippen LogP contribution >= 0.6 is 23.1 Å². The highest BCUT2D eigenvalue weighted by molar-refractivity contribution is 7.98. The molecule has 0 saturated carbocycles. The molecule has 1 unspecified atom stereocenters. The van der Waals surface area contributed by atoms with Gasteiger partial charge < -0.3 is 5.32 Å². The number of nitrogens with zero attached hydrogens (tertiary/aromatic N) is 1. The molecule has 1 atom stereocenters. The van der Waals surface area contributed by atoms with Crippen LogP contribution in [0.5, 0.6) is 0 Å². The normalized spacial score (nSPS) is 12.6. The number of thiazole rings is 1. The second kappa shape index (κ2) is 7.08. The summed E-state index contributed by atoms with van der Waals surface area (Å²) in [4.78, 5) is 7.00. The highest BCUT2D eigenvalue weighted by Gasteiger charge is 2.06. The van der Waals surface area contributed by atoms with Gasteiger partial charge in [-0.25, -0.2) is 4.98 Å². The van der Waals surface area contributed by atoms with E-state index in [-0.39, 0.29) is 0 Å². The Kier molecular flexibility index (Phi) is 5.43. The van der Waals surface area contributed by atoms with Gasteiger partial charge in [-0.05, 0) is 37.3 Å². The van der Waals surface area contributed by atoms with E-state index in [1.54, 1.807) is 23.1 Å². The molecule has 1 heterocycles. The fourth-order valence-electron chi connectivity index (χ4n) is 1.86. The van der Waals surface area contributed by atoms with Gasteiger partial charge in [-0.1, -0.05) is 19.1 Å². The Morgan fingerprint density at radius 2 is 2.05 bits per heavy atom. The SMILES string of the molecule is CCc1ncc(CNC(C)c2ccc(SC)cc2)s1.